The first-order valence-corrected chi connectivity index (χ1v) is 10.3. The number of aromatic nitrogens is 4. The lowest BCUT2D eigenvalue weighted by Crippen LogP contribution is -2.40. The second kappa shape index (κ2) is 8.00. The molecule has 3 heterocycles. The number of esters is 1. The van der Waals surface area contributed by atoms with Crippen LogP contribution in [0.5, 0.6) is 0 Å². The van der Waals surface area contributed by atoms with Gasteiger partial charge >= 0.3 is 18.1 Å². The SMILES string of the molecule is COC(=O)C1(C)C(=O)Nc2nc(-n3nc(CCC(F)(F)C(F)(F)F)c4cc(Cl)ccc43)nc(N)c21. The largest absolute Gasteiger partial charge is 0.468 e. The molecule has 1 aromatic carbocycles. The number of nitrogens with two attached hydrogens (primary N) is 1. The first-order chi connectivity index (χ1) is 16.2. The highest BCUT2D eigenvalue weighted by atomic mass is 35.5. The minimum Gasteiger partial charge on any atom is -0.468 e. The van der Waals surface area contributed by atoms with E-state index in [2.05, 4.69) is 20.4 Å². The average molecular weight is 519 g/mol. The molecule has 1 aliphatic rings. The van der Waals surface area contributed by atoms with Crippen LogP contribution in [0.4, 0.5) is 33.6 Å². The molecule has 1 amide bonds. The summed E-state index contributed by atoms with van der Waals surface area (Å²) in [6.07, 6.45) is -8.01. The van der Waals surface area contributed by atoms with Gasteiger partial charge < -0.3 is 15.8 Å². The average Bonchev–Trinajstić information content (AvgIpc) is 3.25. The van der Waals surface area contributed by atoms with Gasteiger partial charge in [-0.15, -0.1) is 0 Å². The van der Waals surface area contributed by atoms with E-state index in [0.29, 0.717) is 0 Å². The normalized spacial score (nSPS) is 18.0. The van der Waals surface area contributed by atoms with Gasteiger partial charge in [-0.25, -0.2) is 0 Å². The Balaban J connectivity index is 1.82. The highest BCUT2D eigenvalue weighted by Crippen LogP contribution is 2.42. The van der Waals surface area contributed by atoms with E-state index in [1.54, 1.807) is 0 Å². The fourth-order valence-electron chi connectivity index (χ4n) is 3.80. The molecule has 0 spiro atoms. The van der Waals surface area contributed by atoms with E-state index in [4.69, 9.17) is 22.1 Å². The molecule has 35 heavy (non-hydrogen) atoms. The van der Waals surface area contributed by atoms with Crippen LogP contribution in [-0.4, -0.2) is 50.8 Å². The maximum absolute atomic E-state index is 13.5. The Kier molecular flexibility index (Phi) is 5.62. The number of hydrogen-bond donors (Lipinski definition) is 2. The van der Waals surface area contributed by atoms with Crippen molar-refractivity contribution < 1.29 is 36.3 Å². The van der Waals surface area contributed by atoms with E-state index < -0.39 is 42.2 Å². The Morgan fingerprint density at radius 3 is 2.57 bits per heavy atom. The number of hydrogen-bond acceptors (Lipinski definition) is 7. The lowest BCUT2D eigenvalue weighted by molar-refractivity contribution is -0.284. The van der Waals surface area contributed by atoms with E-state index in [0.717, 1.165) is 11.8 Å². The molecule has 15 heteroatoms. The van der Waals surface area contributed by atoms with Crippen LogP contribution in [0.2, 0.25) is 5.02 Å². The second-order valence-corrected chi connectivity index (χ2v) is 8.36. The number of nitrogen functional groups attached to an aromatic ring is 1. The highest BCUT2D eigenvalue weighted by Gasteiger charge is 2.57. The van der Waals surface area contributed by atoms with Crippen molar-refractivity contribution >= 4 is 46.0 Å². The Hall–Kier alpha value is -3.55. The summed E-state index contributed by atoms with van der Waals surface area (Å²) in [7, 11) is 1.09. The summed E-state index contributed by atoms with van der Waals surface area (Å²) in [5.74, 6) is -7.18. The zero-order valence-electron chi connectivity index (χ0n) is 18.0. The summed E-state index contributed by atoms with van der Waals surface area (Å²) < 4.78 is 70.7. The molecular weight excluding hydrogens is 503 g/mol. The van der Waals surface area contributed by atoms with E-state index in [9.17, 15) is 31.5 Å². The molecule has 0 bridgehead atoms. The van der Waals surface area contributed by atoms with Gasteiger partial charge in [-0.05, 0) is 31.5 Å². The first-order valence-electron chi connectivity index (χ1n) is 9.90. The molecule has 0 radical (unpaired) electrons. The standard InChI is InChI=1S/C20H16ClF5N6O3/c1-18(16(34)35-2)12-13(27)28-17(30-14(12)29-15(18)33)32-11-4-3-8(21)7-9(11)10(31-32)5-6-19(22,23)20(24,25)26/h3-4,7H,5-6H2,1-2H3,(H3,27,28,29,30,33). The number of rotatable bonds is 5. The van der Waals surface area contributed by atoms with Gasteiger partial charge in [0.15, 0.2) is 5.41 Å². The molecule has 3 aromatic rings. The van der Waals surface area contributed by atoms with Crippen LogP contribution in [0.3, 0.4) is 0 Å². The molecule has 0 saturated carbocycles. The number of methoxy groups -OCH3 is 1. The lowest BCUT2D eigenvalue weighted by atomic mass is 9.84. The summed E-state index contributed by atoms with van der Waals surface area (Å²) in [6, 6.07) is 4.25. The monoisotopic (exact) mass is 518 g/mol. The molecule has 1 unspecified atom stereocenters. The number of fused-ring (bicyclic) bond motifs is 2. The van der Waals surface area contributed by atoms with E-state index in [1.807, 2.05) is 0 Å². The highest BCUT2D eigenvalue weighted by molar-refractivity contribution is 6.31. The topological polar surface area (TPSA) is 125 Å². The Labute approximate surface area is 198 Å². The van der Waals surface area contributed by atoms with E-state index in [-0.39, 0.29) is 44.8 Å². The van der Waals surface area contributed by atoms with Crippen LogP contribution in [0.25, 0.3) is 16.9 Å². The lowest BCUT2D eigenvalue weighted by Gasteiger charge is -2.19. The van der Waals surface area contributed by atoms with Gasteiger partial charge in [0.2, 0.25) is 5.91 Å². The van der Waals surface area contributed by atoms with Crippen LogP contribution < -0.4 is 11.1 Å². The van der Waals surface area contributed by atoms with Gasteiger partial charge in [-0.3, -0.25) is 9.59 Å². The van der Waals surface area contributed by atoms with Crippen LogP contribution >= 0.6 is 11.6 Å². The first kappa shape index (κ1) is 24.6. The maximum Gasteiger partial charge on any atom is 0.453 e. The number of anilines is 2. The Bertz CT molecular complexity index is 1380. The molecule has 0 saturated heterocycles. The third-order valence-corrected chi connectivity index (χ3v) is 5.94. The van der Waals surface area contributed by atoms with Crippen molar-refractivity contribution in [3.8, 4) is 5.95 Å². The van der Waals surface area contributed by atoms with Gasteiger partial charge in [-0.1, -0.05) is 11.6 Å². The fraction of sp³-hybridized carbons (Fsp3) is 0.350. The molecule has 1 aliphatic heterocycles. The van der Waals surface area contributed by atoms with Gasteiger partial charge in [0.05, 0.1) is 23.9 Å². The molecule has 0 fully saturated rings. The van der Waals surface area contributed by atoms with Crippen molar-refractivity contribution in [1.29, 1.82) is 0 Å². The van der Waals surface area contributed by atoms with E-state index >= 15 is 0 Å². The number of halogens is 6. The minimum absolute atomic E-state index is 0.0253. The van der Waals surface area contributed by atoms with Gasteiger partial charge in [-0.2, -0.15) is 41.7 Å². The summed E-state index contributed by atoms with van der Waals surface area (Å²) in [5.41, 5.74) is 4.32. The number of carbonyl (C=O) groups is 2. The van der Waals surface area contributed by atoms with Crippen molar-refractivity contribution in [2.75, 3.05) is 18.2 Å². The number of alkyl halides is 5. The maximum atomic E-state index is 13.5. The summed E-state index contributed by atoms with van der Waals surface area (Å²) in [5, 5.41) is 6.94. The second-order valence-electron chi connectivity index (χ2n) is 7.93. The molecule has 1 atom stereocenters. The van der Waals surface area contributed by atoms with Gasteiger partial charge in [0, 0.05) is 16.8 Å². The number of ether oxygens (including phenoxy) is 1. The zero-order valence-corrected chi connectivity index (χ0v) is 18.8. The van der Waals surface area contributed by atoms with Crippen LogP contribution in [0.15, 0.2) is 18.2 Å². The van der Waals surface area contributed by atoms with Crippen LogP contribution in [0, 0.1) is 0 Å². The third kappa shape index (κ3) is 3.81. The number of nitrogens with zero attached hydrogens (tertiary/aromatic N) is 4. The van der Waals surface area contributed by atoms with Crippen molar-refractivity contribution in [3.05, 3.63) is 34.5 Å². The van der Waals surface area contributed by atoms with Crippen molar-refractivity contribution in [2.24, 2.45) is 0 Å². The molecular formula is C20H16ClF5N6O3. The van der Waals surface area contributed by atoms with Crippen molar-refractivity contribution in [1.82, 2.24) is 19.7 Å². The molecule has 186 valence electrons. The molecule has 4 rings (SSSR count). The predicted octanol–water partition coefficient (Wildman–Crippen LogP) is 3.56. The quantitative estimate of drug-likeness (QED) is 0.300. The number of benzene rings is 1. The van der Waals surface area contributed by atoms with Gasteiger partial charge in [0.1, 0.15) is 11.6 Å². The number of carbonyl (C=O) groups excluding carboxylic acids is 2. The molecule has 3 N–H and O–H groups in total. The summed E-state index contributed by atoms with van der Waals surface area (Å²) in [6.45, 7) is 1.28. The number of amides is 1. The number of aryl methyl sites for hydroxylation is 1. The van der Waals surface area contributed by atoms with Crippen molar-refractivity contribution in [2.45, 2.75) is 37.3 Å². The Morgan fingerprint density at radius 2 is 1.94 bits per heavy atom. The van der Waals surface area contributed by atoms with E-state index in [1.165, 1.54) is 25.1 Å². The molecule has 0 aliphatic carbocycles. The molecule has 9 nitrogen and oxygen atoms in total. The van der Waals surface area contributed by atoms with Crippen molar-refractivity contribution in [3.63, 3.8) is 0 Å². The summed E-state index contributed by atoms with van der Waals surface area (Å²) >= 11 is 5.99. The van der Waals surface area contributed by atoms with Crippen LogP contribution in [-0.2, 0) is 26.2 Å². The third-order valence-electron chi connectivity index (χ3n) is 5.70. The zero-order chi connectivity index (χ0) is 25.9. The Morgan fingerprint density at radius 1 is 1.26 bits per heavy atom. The smallest absolute Gasteiger partial charge is 0.453 e. The number of nitrogens with one attached hydrogen (secondary N) is 1. The van der Waals surface area contributed by atoms with Crippen LogP contribution in [0.1, 0.15) is 24.6 Å². The fourth-order valence-corrected chi connectivity index (χ4v) is 3.97. The molecule has 2 aromatic heterocycles. The minimum atomic E-state index is -5.72. The van der Waals surface area contributed by atoms with Gasteiger partial charge in [0.25, 0.3) is 5.95 Å². The summed E-state index contributed by atoms with van der Waals surface area (Å²) in [4.78, 5) is 33.1. The predicted molar refractivity (Wildman–Crippen MR) is 113 cm³/mol.